The monoisotopic (exact) mass is 444 g/mol. The van der Waals surface area contributed by atoms with Crippen molar-refractivity contribution in [2.75, 3.05) is 0 Å². The topological polar surface area (TPSA) is 93.7 Å². The van der Waals surface area contributed by atoms with Gasteiger partial charge in [-0.15, -0.1) is 0 Å². The first-order chi connectivity index (χ1) is 15.8. The molecule has 1 aliphatic heterocycles. The highest BCUT2D eigenvalue weighted by atomic mass is 19.1. The summed E-state index contributed by atoms with van der Waals surface area (Å²) in [7, 11) is 0. The lowest BCUT2D eigenvalue weighted by Crippen LogP contribution is -2.29. The molecule has 2 heterocycles. The average Bonchev–Trinajstić information content (AvgIpc) is 3.08. The first-order valence-corrected chi connectivity index (χ1v) is 10.2. The molecular formula is C25H17FN2O5. The summed E-state index contributed by atoms with van der Waals surface area (Å²) in [6, 6.07) is 15.7. The van der Waals surface area contributed by atoms with Crippen LogP contribution < -0.4 is 5.43 Å². The van der Waals surface area contributed by atoms with Gasteiger partial charge in [-0.2, -0.15) is 0 Å². The number of fused-ring (bicyclic) bond motifs is 2. The highest BCUT2D eigenvalue weighted by Gasteiger charge is 2.43. The van der Waals surface area contributed by atoms with Gasteiger partial charge in [0, 0.05) is 18.7 Å². The number of halogens is 1. The number of aryl methyl sites for hydroxylation is 1. The van der Waals surface area contributed by atoms with Crippen LogP contribution in [0.3, 0.4) is 0 Å². The number of hydrogen-bond donors (Lipinski definition) is 0. The zero-order chi connectivity index (χ0) is 23.3. The number of non-ortho nitro benzene ring substituents is 1. The van der Waals surface area contributed by atoms with Crippen LogP contribution in [0.5, 0.6) is 0 Å². The van der Waals surface area contributed by atoms with Crippen molar-refractivity contribution in [2.24, 2.45) is 0 Å². The fourth-order valence-corrected chi connectivity index (χ4v) is 4.24. The van der Waals surface area contributed by atoms with E-state index in [-0.39, 0.29) is 29.0 Å². The Morgan fingerprint density at radius 1 is 1.06 bits per heavy atom. The molecule has 8 heteroatoms. The second-order valence-corrected chi connectivity index (χ2v) is 7.99. The lowest BCUT2D eigenvalue weighted by Gasteiger charge is -2.25. The quantitative estimate of drug-likeness (QED) is 0.330. The molecule has 0 N–H and O–H groups in total. The second-order valence-electron chi connectivity index (χ2n) is 7.99. The Labute approximate surface area is 186 Å². The van der Waals surface area contributed by atoms with E-state index in [4.69, 9.17) is 4.42 Å². The Kier molecular flexibility index (Phi) is 4.78. The van der Waals surface area contributed by atoms with Gasteiger partial charge in [0.2, 0.25) is 5.76 Å². The zero-order valence-corrected chi connectivity index (χ0v) is 17.4. The lowest BCUT2D eigenvalue weighted by molar-refractivity contribution is -0.384. The van der Waals surface area contributed by atoms with Gasteiger partial charge in [-0.1, -0.05) is 35.9 Å². The molecule has 3 aromatic carbocycles. The number of carbonyl (C=O) groups excluding carboxylic acids is 1. The van der Waals surface area contributed by atoms with Crippen molar-refractivity contribution in [3.05, 3.63) is 121 Å². The van der Waals surface area contributed by atoms with Crippen molar-refractivity contribution in [1.82, 2.24) is 4.90 Å². The van der Waals surface area contributed by atoms with Crippen molar-refractivity contribution >= 4 is 22.6 Å². The van der Waals surface area contributed by atoms with Crippen LogP contribution in [0.15, 0.2) is 75.9 Å². The fraction of sp³-hybridized carbons (Fsp3) is 0.120. The second kappa shape index (κ2) is 7.67. The van der Waals surface area contributed by atoms with E-state index < -0.39 is 22.7 Å². The standard InChI is InChI=1S/C25H17FN2O5/c1-14-5-10-20-19(11-14)23(29)21-22(16-3-2-4-18(12-16)28(31)32)27(25(30)24(21)33-20)13-15-6-8-17(26)9-7-15/h2-12,22H,13H2,1H3. The third-order valence-electron chi connectivity index (χ3n) is 5.78. The minimum atomic E-state index is -0.890. The van der Waals surface area contributed by atoms with Gasteiger partial charge >= 0.3 is 0 Å². The van der Waals surface area contributed by atoms with Gasteiger partial charge < -0.3 is 9.32 Å². The van der Waals surface area contributed by atoms with Gasteiger partial charge in [0.05, 0.1) is 21.9 Å². The van der Waals surface area contributed by atoms with Gasteiger partial charge in [0.15, 0.2) is 5.43 Å². The minimum Gasteiger partial charge on any atom is -0.450 e. The lowest BCUT2D eigenvalue weighted by atomic mass is 9.97. The molecule has 5 rings (SSSR count). The molecule has 0 saturated carbocycles. The summed E-state index contributed by atoms with van der Waals surface area (Å²) >= 11 is 0. The number of nitro benzene ring substituents is 1. The molecular weight excluding hydrogens is 427 g/mol. The molecule has 0 radical (unpaired) electrons. The van der Waals surface area contributed by atoms with Crippen LogP contribution in [0.2, 0.25) is 0 Å². The maximum Gasteiger partial charge on any atom is 0.291 e. The van der Waals surface area contributed by atoms with Crippen LogP contribution >= 0.6 is 0 Å². The maximum atomic E-state index is 13.5. The van der Waals surface area contributed by atoms with Crippen LogP contribution in [0, 0.1) is 22.9 Å². The van der Waals surface area contributed by atoms with E-state index in [1.807, 2.05) is 6.92 Å². The number of nitrogens with zero attached hydrogens (tertiary/aromatic N) is 2. The molecule has 0 fully saturated rings. The highest BCUT2D eigenvalue weighted by Crippen LogP contribution is 2.40. The van der Waals surface area contributed by atoms with Crippen molar-refractivity contribution < 1.29 is 18.5 Å². The molecule has 0 bridgehead atoms. The minimum absolute atomic E-state index is 0.0610. The van der Waals surface area contributed by atoms with Crippen LogP contribution in [0.1, 0.15) is 38.9 Å². The van der Waals surface area contributed by atoms with E-state index in [0.29, 0.717) is 22.1 Å². The van der Waals surface area contributed by atoms with Crippen LogP contribution in [-0.4, -0.2) is 15.7 Å². The van der Waals surface area contributed by atoms with E-state index in [2.05, 4.69) is 0 Å². The van der Waals surface area contributed by atoms with Crippen LogP contribution in [0.4, 0.5) is 10.1 Å². The number of benzene rings is 3. The van der Waals surface area contributed by atoms with E-state index >= 15 is 0 Å². The van der Waals surface area contributed by atoms with Gasteiger partial charge in [-0.3, -0.25) is 19.7 Å². The summed E-state index contributed by atoms with van der Waals surface area (Å²) in [5.74, 6) is -1.01. The van der Waals surface area contributed by atoms with E-state index in [1.165, 1.54) is 35.2 Å². The summed E-state index contributed by atoms with van der Waals surface area (Å²) in [4.78, 5) is 39.2. The largest absolute Gasteiger partial charge is 0.450 e. The van der Waals surface area contributed by atoms with Gasteiger partial charge in [-0.25, -0.2) is 4.39 Å². The predicted molar refractivity (Wildman–Crippen MR) is 118 cm³/mol. The van der Waals surface area contributed by atoms with E-state index in [0.717, 1.165) is 5.56 Å². The molecule has 0 spiro atoms. The fourth-order valence-electron chi connectivity index (χ4n) is 4.24. The number of carbonyl (C=O) groups is 1. The molecule has 1 aliphatic rings. The van der Waals surface area contributed by atoms with E-state index in [1.54, 1.807) is 36.4 Å². The Bertz CT molecular complexity index is 1490. The molecule has 7 nitrogen and oxygen atoms in total. The maximum absolute atomic E-state index is 13.5. The Hall–Kier alpha value is -4.33. The molecule has 1 atom stereocenters. The summed E-state index contributed by atoms with van der Waals surface area (Å²) in [6.07, 6.45) is 0. The Morgan fingerprint density at radius 3 is 2.55 bits per heavy atom. The van der Waals surface area contributed by atoms with Crippen molar-refractivity contribution in [3.8, 4) is 0 Å². The predicted octanol–water partition coefficient (Wildman–Crippen LogP) is 4.89. The smallest absolute Gasteiger partial charge is 0.291 e. The molecule has 164 valence electrons. The number of hydrogen-bond acceptors (Lipinski definition) is 5. The normalized spacial score (nSPS) is 15.2. The van der Waals surface area contributed by atoms with Crippen LogP contribution in [0.25, 0.3) is 11.0 Å². The van der Waals surface area contributed by atoms with Crippen molar-refractivity contribution in [1.29, 1.82) is 0 Å². The highest BCUT2D eigenvalue weighted by molar-refractivity contribution is 5.99. The molecule has 1 unspecified atom stereocenters. The summed E-state index contributed by atoms with van der Waals surface area (Å²) in [5.41, 5.74) is 1.82. The first-order valence-electron chi connectivity index (χ1n) is 10.2. The van der Waals surface area contributed by atoms with Gasteiger partial charge in [0.1, 0.15) is 11.4 Å². The number of nitro groups is 1. The molecule has 33 heavy (non-hydrogen) atoms. The number of amides is 1. The molecule has 0 saturated heterocycles. The average molecular weight is 444 g/mol. The van der Waals surface area contributed by atoms with Crippen molar-refractivity contribution in [3.63, 3.8) is 0 Å². The van der Waals surface area contributed by atoms with Crippen molar-refractivity contribution in [2.45, 2.75) is 19.5 Å². The summed E-state index contributed by atoms with van der Waals surface area (Å²) in [6.45, 7) is 1.90. The summed E-state index contributed by atoms with van der Waals surface area (Å²) in [5, 5.41) is 11.7. The first kappa shape index (κ1) is 20.6. The molecule has 1 amide bonds. The molecule has 0 aliphatic carbocycles. The molecule has 4 aromatic rings. The Balaban J connectivity index is 1.73. The zero-order valence-electron chi connectivity index (χ0n) is 17.4. The Morgan fingerprint density at radius 2 is 1.82 bits per heavy atom. The number of rotatable bonds is 4. The summed E-state index contributed by atoms with van der Waals surface area (Å²) < 4.78 is 19.3. The molecule has 1 aromatic heterocycles. The van der Waals surface area contributed by atoms with Crippen LogP contribution in [-0.2, 0) is 6.54 Å². The van der Waals surface area contributed by atoms with Gasteiger partial charge in [-0.05, 0) is 42.3 Å². The third kappa shape index (κ3) is 3.45. The van der Waals surface area contributed by atoms with E-state index in [9.17, 15) is 24.1 Å². The third-order valence-corrected chi connectivity index (χ3v) is 5.78. The SMILES string of the molecule is Cc1ccc2oc3c(c(=O)c2c1)C(c1cccc([N+](=O)[O-])c1)N(Cc1ccc(F)cc1)C3=O. The van der Waals surface area contributed by atoms with Gasteiger partial charge in [0.25, 0.3) is 11.6 Å².